The number of fused-ring (bicyclic) bond motifs is 2. The first kappa shape index (κ1) is 25.5. The molecule has 7 nitrogen and oxygen atoms in total. The smallest absolute Gasteiger partial charge is 0.306 e. The number of unbranched alkanes of at least 4 members (excludes halogenated alkanes) is 2. The minimum Gasteiger partial charge on any atom is -0.462 e. The monoisotopic (exact) mass is 492 g/mol. The fourth-order valence-electron chi connectivity index (χ4n) is 9.36. The van der Waals surface area contributed by atoms with Crippen molar-refractivity contribution in [2.75, 3.05) is 6.61 Å². The standard InChI is InChI=1S/C28H44O7/c1-7-8-9-10-18(30)35-21-15(2)13-28(32)20(21)23(31)27-12-11-17-19(25(17,4)5)22(27)26(6,33-14-27)24(28)34-16(3)29/h15,17,19-24,31-32H,7-14H2,1-6H3/t15-,17-,19+,20+,21-,22-,23+,24-,26+,27-,28+/m0/s1. The van der Waals surface area contributed by atoms with Gasteiger partial charge in [0.05, 0.1) is 18.6 Å². The molecule has 5 aliphatic rings. The number of rotatable bonds is 6. The molecule has 0 amide bonds. The molecule has 1 heterocycles. The zero-order chi connectivity index (χ0) is 25.6. The first-order valence-electron chi connectivity index (χ1n) is 13.8. The Balaban J connectivity index is 1.57. The lowest BCUT2D eigenvalue weighted by molar-refractivity contribution is -0.231. The molecule has 7 heteroatoms. The van der Waals surface area contributed by atoms with E-state index in [0.717, 1.165) is 32.1 Å². The fraction of sp³-hybridized carbons (Fsp3) is 0.929. The minimum absolute atomic E-state index is 0.0473. The maximum atomic E-state index is 12.8. The maximum absolute atomic E-state index is 12.8. The molecule has 5 fully saturated rings. The van der Waals surface area contributed by atoms with Gasteiger partial charge < -0.3 is 24.4 Å². The lowest BCUT2D eigenvalue weighted by Gasteiger charge is -2.46. The van der Waals surface area contributed by atoms with Gasteiger partial charge in [-0.15, -0.1) is 0 Å². The van der Waals surface area contributed by atoms with E-state index in [4.69, 9.17) is 14.2 Å². The summed E-state index contributed by atoms with van der Waals surface area (Å²) in [5.41, 5.74) is -2.92. The van der Waals surface area contributed by atoms with Crippen LogP contribution in [0.15, 0.2) is 0 Å². The van der Waals surface area contributed by atoms with E-state index >= 15 is 0 Å². The molecule has 2 N–H and O–H groups in total. The molecule has 0 aromatic carbocycles. The van der Waals surface area contributed by atoms with Gasteiger partial charge in [-0.1, -0.05) is 40.5 Å². The van der Waals surface area contributed by atoms with E-state index in [1.807, 2.05) is 13.8 Å². The molecule has 4 aliphatic carbocycles. The largest absolute Gasteiger partial charge is 0.462 e. The van der Waals surface area contributed by atoms with Gasteiger partial charge in [-0.05, 0) is 55.8 Å². The molecule has 4 saturated carbocycles. The molecule has 1 saturated heterocycles. The lowest BCUT2D eigenvalue weighted by atomic mass is 9.59. The molecule has 5 rings (SSSR count). The average Bonchev–Trinajstić information content (AvgIpc) is 3.06. The summed E-state index contributed by atoms with van der Waals surface area (Å²) in [7, 11) is 0. The first-order valence-corrected chi connectivity index (χ1v) is 13.8. The van der Waals surface area contributed by atoms with Crippen LogP contribution in [0.5, 0.6) is 0 Å². The number of esters is 2. The second kappa shape index (κ2) is 8.16. The van der Waals surface area contributed by atoms with Crippen LogP contribution in [-0.2, 0) is 23.8 Å². The Labute approximate surface area is 209 Å². The zero-order valence-electron chi connectivity index (χ0n) is 22.2. The van der Waals surface area contributed by atoms with Crippen molar-refractivity contribution in [2.45, 2.75) is 116 Å². The third kappa shape index (κ3) is 3.40. The highest BCUT2D eigenvalue weighted by Crippen LogP contribution is 2.78. The molecule has 0 aromatic heterocycles. The van der Waals surface area contributed by atoms with Gasteiger partial charge in [0, 0.05) is 24.7 Å². The molecule has 0 radical (unpaired) electrons. The predicted octanol–water partition coefficient (Wildman–Crippen LogP) is 3.63. The number of hydrogen-bond donors (Lipinski definition) is 2. The quantitative estimate of drug-likeness (QED) is 0.431. The van der Waals surface area contributed by atoms with Gasteiger partial charge in [0.25, 0.3) is 0 Å². The van der Waals surface area contributed by atoms with Crippen molar-refractivity contribution in [1.82, 2.24) is 0 Å². The van der Waals surface area contributed by atoms with Crippen LogP contribution in [0.25, 0.3) is 0 Å². The van der Waals surface area contributed by atoms with Crippen LogP contribution >= 0.6 is 0 Å². The summed E-state index contributed by atoms with van der Waals surface area (Å²) >= 11 is 0. The molecule has 11 atom stereocenters. The fourth-order valence-corrected chi connectivity index (χ4v) is 9.36. The van der Waals surface area contributed by atoms with Gasteiger partial charge in [-0.25, -0.2) is 0 Å². The Bertz CT molecular complexity index is 887. The Morgan fingerprint density at radius 1 is 1.11 bits per heavy atom. The van der Waals surface area contributed by atoms with E-state index in [1.54, 1.807) is 0 Å². The highest BCUT2D eigenvalue weighted by atomic mass is 16.6. The van der Waals surface area contributed by atoms with Gasteiger partial charge in [-0.3, -0.25) is 9.59 Å². The van der Waals surface area contributed by atoms with Crippen molar-refractivity contribution < 1.29 is 34.0 Å². The van der Waals surface area contributed by atoms with Gasteiger partial charge in [-0.2, -0.15) is 0 Å². The van der Waals surface area contributed by atoms with Crippen molar-refractivity contribution >= 4 is 11.9 Å². The molecular formula is C28H44O7. The van der Waals surface area contributed by atoms with E-state index in [-0.39, 0.29) is 29.6 Å². The molecule has 198 valence electrons. The van der Waals surface area contributed by atoms with E-state index in [0.29, 0.717) is 24.9 Å². The van der Waals surface area contributed by atoms with Crippen molar-refractivity contribution in [3.8, 4) is 0 Å². The summed E-state index contributed by atoms with van der Waals surface area (Å²) in [4.78, 5) is 25.2. The normalized spacial score (nSPS) is 51.0. The van der Waals surface area contributed by atoms with E-state index in [1.165, 1.54) is 6.92 Å². The number of aliphatic hydroxyl groups is 2. The van der Waals surface area contributed by atoms with Gasteiger partial charge in [0.1, 0.15) is 17.3 Å². The Kier molecular flexibility index (Phi) is 5.94. The zero-order valence-corrected chi connectivity index (χ0v) is 22.2. The maximum Gasteiger partial charge on any atom is 0.306 e. The van der Waals surface area contributed by atoms with Crippen LogP contribution in [0, 0.1) is 40.4 Å². The second-order valence-corrected chi connectivity index (χ2v) is 13.2. The van der Waals surface area contributed by atoms with Crippen molar-refractivity contribution in [3.63, 3.8) is 0 Å². The number of carbonyl (C=O) groups excluding carboxylic acids is 2. The summed E-state index contributed by atoms with van der Waals surface area (Å²) < 4.78 is 18.5. The summed E-state index contributed by atoms with van der Waals surface area (Å²) in [6, 6.07) is 0. The summed E-state index contributed by atoms with van der Waals surface area (Å²) in [5, 5.41) is 24.6. The predicted molar refractivity (Wildman–Crippen MR) is 128 cm³/mol. The number of carbonyl (C=O) groups is 2. The second-order valence-electron chi connectivity index (χ2n) is 13.2. The molecule has 1 aliphatic heterocycles. The summed E-state index contributed by atoms with van der Waals surface area (Å²) in [6.07, 6.45) is 2.65. The Hall–Kier alpha value is -1.18. The Morgan fingerprint density at radius 3 is 2.49 bits per heavy atom. The highest BCUT2D eigenvalue weighted by molar-refractivity contribution is 5.69. The third-order valence-corrected chi connectivity index (χ3v) is 10.9. The number of aliphatic hydroxyl groups excluding tert-OH is 1. The molecule has 0 aromatic rings. The number of ether oxygens (including phenoxy) is 3. The number of hydrogen-bond acceptors (Lipinski definition) is 7. The molecule has 2 bridgehead atoms. The Morgan fingerprint density at radius 2 is 1.83 bits per heavy atom. The summed E-state index contributed by atoms with van der Waals surface area (Å²) in [6.45, 7) is 12.3. The lowest BCUT2D eigenvalue weighted by Crippen LogP contribution is -2.62. The molecule has 0 spiro atoms. The van der Waals surface area contributed by atoms with Crippen LogP contribution in [0.2, 0.25) is 0 Å². The van der Waals surface area contributed by atoms with Crippen molar-refractivity contribution in [1.29, 1.82) is 0 Å². The van der Waals surface area contributed by atoms with E-state index < -0.39 is 46.8 Å². The highest BCUT2D eigenvalue weighted by Gasteiger charge is 2.82. The van der Waals surface area contributed by atoms with Crippen molar-refractivity contribution in [2.24, 2.45) is 40.4 Å². The van der Waals surface area contributed by atoms with Crippen LogP contribution in [-0.4, -0.2) is 58.3 Å². The molecular weight excluding hydrogens is 448 g/mol. The SMILES string of the molecule is CCCCCC(=O)O[C@@H]1[C@@H]2[C@@H](O)[C@]34CC[C@H]5[C@H]([C@H]3[C@@](C)(OC4)[C@H](OC(C)=O)[C@@]2(O)C[C@@H]1C)C5(C)C. The van der Waals surface area contributed by atoms with Crippen molar-refractivity contribution in [3.05, 3.63) is 0 Å². The third-order valence-electron chi connectivity index (χ3n) is 10.9. The van der Waals surface area contributed by atoms with Crippen LogP contribution in [0.1, 0.15) is 86.5 Å². The van der Waals surface area contributed by atoms with Crippen LogP contribution < -0.4 is 0 Å². The minimum atomic E-state index is -1.55. The van der Waals surface area contributed by atoms with Gasteiger partial charge in [0.2, 0.25) is 0 Å². The molecule has 0 unspecified atom stereocenters. The van der Waals surface area contributed by atoms with Crippen LogP contribution in [0.4, 0.5) is 0 Å². The molecule has 35 heavy (non-hydrogen) atoms. The summed E-state index contributed by atoms with van der Waals surface area (Å²) in [5.74, 6) is -0.864. The van der Waals surface area contributed by atoms with Gasteiger partial charge >= 0.3 is 11.9 Å². The average molecular weight is 493 g/mol. The van der Waals surface area contributed by atoms with E-state index in [2.05, 4.69) is 20.8 Å². The topological polar surface area (TPSA) is 102 Å². The first-order chi connectivity index (χ1) is 16.3. The van der Waals surface area contributed by atoms with Crippen LogP contribution in [0.3, 0.4) is 0 Å². The van der Waals surface area contributed by atoms with Gasteiger partial charge in [0.15, 0.2) is 6.10 Å². The van der Waals surface area contributed by atoms with E-state index in [9.17, 15) is 19.8 Å².